The lowest BCUT2D eigenvalue weighted by molar-refractivity contribution is -0.117. The summed E-state index contributed by atoms with van der Waals surface area (Å²) in [7, 11) is 0. The molecule has 19 heavy (non-hydrogen) atoms. The van der Waals surface area contributed by atoms with Crippen LogP contribution in [0.2, 0.25) is 0 Å². The molecule has 3 aromatic rings. The predicted molar refractivity (Wildman–Crippen MR) is 76.1 cm³/mol. The van der Waals surface area contributed by atoms with E-state index in [9.17, 15) is 4.79 Å². The summed E-state index contributed by atoms with van der Waals surface area (Å²) < 4.78 is 1.94. The summed E-state index contributed by atoms with van der Waals surface area (Å²) in [6.07, 6.45) is 2.19. The Bertz CT molecular complexity index is 740. The number of aryl methyl sites for hydroxylation is 1. The van der Waals surface area contributed by atoms with E-state index in [4.69, 9.17) is 5.73 Å². The van der Waals surface area contributed by atoms with Gasteiger partial charge in [0.2, 0.25) is 5.91 Å². The van der Waals surface area contributed by atoms with Gasteiger partial charge in [0.15, 0.2) is 4.96 Å². The highest BCUT2D eigenvalue weighted by atomic mass is 32.1. The Morgan fingerprint density at radius 1 is 1.37 bits per heavy atom. The second-order valence-corrected chi connectivity index (χ2v) is 5.35. The van der Waals surface area contributed by atoms with Crippen molar-refractivity contribution in [2.75, 3.05) is 0 Å². The molecular formula is C14H13N3OS. The van der Waals surface area contributed by atoms with Crippen molar-refractivity contribution in [1.82, 2.24) is 9.38 Å². The predicted octanol–water partition coefficient (Wildman–Crippen LogP) is 2.40. The number of hydrogen-bond acceptors (Lipinski definition) is 3. The minimum atomic E-state index is -0.328. The van der Waals surface area contributed by atoms with Gasteiger partial charge in [0.05, 0.1) is 12.1 Å². The highest BCUT2D eigenvalue weighted by Gasteiger charge is 2.10. The van der Waals surface area contributed by atoms with E-state index in [0.717, 1.165) is 21.9 Å². The number of nitrogens with zero attached hydrogens (tertiary/aromatic N) is 2. The lowest BCUT2D eigenvalue weighted by Crippen LogP contribution is -2.14. The van der Waals surface area contributed by atoms with Crippen LogP contribution in [-0.4, -0.2) is 15.3 Å². The van der Waals surface area contributed by atoms with Gasteiger partial charge in [-0.05, 0) is 6.92 Å². The fourth-order valence-corrected chi connectivity index (χ4v) is 2.87. The van der Waals surface area contributed by atoms with Gasteiger partial charge in [0.25, 0.3) is 0 Å². The van der Waals surface area contributed by atoms with Gasteiger partial charge < -0.3 is 5.73 Å². The maximum absolute atomic E-state index is 11.0. The summed E-state index contributed by atoms with van der Waals surface area (Å²) in [5.74, 6) is -0.328. The second kappa shape index (κ2) is 4.51. The molecule has 2 N–H and O–H groups in total. The molecule has 5 heteroatoms. The molecular weight excluding hydrogens is 258 g/mol. The zero-order chi connectivity index (χ0) is 13.4. The molecule has 0 saturated carbocycles. The molecule has 0 fully saturated rings. The van der Waals surface area contributed by atoms with Gasteiger partial charge >= 0.3 is 0 Å². The van der Waals surface area contributed by atoms with Crippen LogP contribution >= 0.6 is 11.3 Å². The Morgan fingerprint density at radius 2 is 2.11 bits per heavy atom. The number of primary amides is 1. The number of thiazole rings is 1. The van der Waals surface area contributed by atoms with Crippen LogP contribution < -0.4 is 5.73 Å². The quantitative estimate of drug-likeness (QED) is 0.795. The first kappa shape index (κ1) is 11.9. The highest BCUT2D eigenvalue weighted by molar-refractivity contribution is 7.15. The third kappa shape index (κ3) is 2.24. The average molecular weight is 271 g/mol. The first-order chi connectivity index (χ1) is 9.13. The van der Waals surface area contributed by atoms with Gasteiger partial charge in [-0.15, -0.1) is 11.3 Å². The van der Waals surface area contributed by atoms with Crippen molar-refractivity contribution in [2.24, 2.45) is 5.73 Å². The monoisotopic (exact) mass is 271 g/mol. The minimum Gasteiger partial charge on any atom is -0.369 e. The Kier molecular flexibility index (Phi) is 2.83. The number of hydrogen-bond donors (Lipinski definition) is 1. The fourth-order valence-electron chi connectivity index (χ4n) is 2.00. The standard InChI is InChI=1S/C14H13N3OS/c1-9-2-4-10(5-3-9)12-7-17-11(6-13(15)18)8-19-14(17)16-12/h2-5,7-8H,6H2,1H3,(H2,15,18). The number of amides is 1. The number of nitrogens with two attached hydrogens (primary N) is 1. The minimum absolute atomic E-state index is 0.240. The summed E-state index contributed by atoms with van der Waals surface area (Å²) in [6.45, 7) is 2.06. The van der Waals surface area contributed by atoms with Crippen LogP contribution in [-0.2, 0) is 11.2 Å². The van der Waals surface area contributed by atoms with Gasteiger partial charge in [0, 0.05) is 22.8 Å². The van der Waals surface area contributed by atoms with E-state index < -0.39 is 0 Å². The van der Waals surface area contributed by atoms with E-state index in [1.165, 1.54) is 16.9 Å². The van der Waals surface area contributed by atoms with Crippen molar-refractivity contribution in [2.45, 2.75) is 13.3 Å². The van der Waals surface area contributed by atoms with E-state index in [1.807, 2.05) is 16.0 Å². The number of fused-ring (bicyclic) bond motifs is 1. The number of benzene rings is 1. The summed E-state index contributed by atoms with van der Waals surface area (Å²) in [6, 6.07) is 8.23. The molecule has 2 heterocycles. The van der Waals surface area contributed by atoms with Gasteiger partial charge in [-0.25, -0.2) is 4.98 Å². The Balaban J connectivity index is 2.04. The summed E-state index contributed by atoms with van der Waals surface area (Å²) in [4.78, 5) is 16.5. The van der Waals surface area contributed by atoms with Crippen molar-refractivity contribution in [3.05, 3.63) is 47.1 Å². The van der Waals surface area contributed by atoms with Crippen LogP contribution in [0.3, 0.4) is 0 Å². The molecule has 96 valence electrons. The maximum atomic E-state index is 11.0. The second-order valence-electron chi connectivity index (χ2n) is 4.51. The first-order valence-electron chi connectivity index (χ1n) is 5.94. The van der Waals surface area contributed by atoms with Crippen LogP contribution in [0.1, 0.15) is 11.3 Å². The first-order valence-corrected chi connectivity index (χ1v) is 6.82. The van der Waals surface area contributed by atoms with E-state index in [-0.39, 0.29) is 12.3 Å². The lowest BCUT2D eigenvalue weighted by atomic mass is 10.1. The van der Waals surface area contributed by atoms with Crippen LogP contribution in [0.15, 0.2) is 35.8 Å². The summed E-state index contributed by atoms with van der Waals surface area (Å²) >= 11 is 1.52. The van der Waals surface area contributed by atoms with Crippen molar-refractivity contribution in [3.63, 3.8) is 0 Å². The third-order valence-electron chi connectivity index (χ3n) is 2.99. The fraction of sp³-hybridized carbons (Fsp3) is 0.143. The molecule has 0 unspecified atom stereocenters. The topological polar surface area (TPSA) is 60.4 Å². The smallest absolute Gasteiger partial charge is 0.223 e. The maximum Gasteiger partial charge on any atom is 0.223 e. The number of carbonyl (C=O) groups is 1. The molecule has 1 amide bonds. The van der Waals surface area contributed by atoms with Crippen LogP contribution in [0.4, 0.5) is 0 Å². The van der Waals surface area contributed by atoms with Crippen molar-refractivity contribution in [1.29, 1.82) is 0 Å². The normalized spacial score (nSPS) is 11.0. The Morgan fingerprint density at radius 3 is 2.79 bits per heavy atom. The number of rotatable bonds is 3. The van der Waals surface area contributed by atoms with Gasteiger partial charge in [-0.3, -0.25) is 9.20 Å². The SMILES string of the molecule is Cc1ccc(-c2cn3c(CC(N)=O)csc3n2)cc1. The van der Waals surface area contributed by atoms with Gasteiger partial charge in [0.1, 0.15) is 0 Å². The van der Waals surface area contributed by atoms with Gasteiger partial charge in [-0.2, -0.15) is 0 Å². The largest absolute Gasteiger partial charge is 0.369 e. The molecule has 2 aromatic heterocycles. The van der Waals surface area contributed by atoms with Crippen molar-refractivity contribution < 1.29 is 4.79 Å². The van der Waals surface area contributed by atoms with Crippen LogP contribution in [0.25, 0.3) is 16.2 Å². The molecule has 0 bridgehead atoms. The summed E-state index contributed by atoms with van der Waals surface area (Å²) in [5.41, 5.74) is 9.34. The molecule has 1 aromatic carbocycles. The Labute approximate surface area is 114 Å². The molecule has 0 spiro atoms. The van der Waals surface area contributed by atoms with Crippen LogP contribution in [0.5, 0.6) is 0 Å². The van der Waals surface area contributed by atoms with Crippen LogP contribution in [0, 0.1) is 6.92 Å². The molecule has 3 rings (SSSR count). The molecule has 0 saturated heterocycles. The molecule has 0 aliphatic carbocycles. The number of imidazole rings is 1. The van der Waals surface area contributed by atoms with E-state index in [1.54, 1.807) is 0 Å². The molecule has 4 nitrogen and oxygen atoms in total. The molecule has 0 aliphatic rings. The van der Waals surface area contributed by atoms with Crippen molar-refractivity contribution in [3.8, 4) is 11.3 Å². The number of carbonyl (C=O) groups excluding carboxylic acids is 1. The van der Waals surface area contributed by atoms with Gasteiger partial charge in [-0.1, -0.05) is 29.8 Å². The molecule has 0 atom stereocenters. The van der Waals surface area contributed by atoms with Crippen molar-refractivity contribution >= 4 is 22.2 Å². The van der Waals surface area contributed by atoms with E-state index >= 15 is 0 Å². The zero-order valence-electron chi connectivity index (χ0n) is 10.5. The molecule has 0 radical (unpaired) electrons. The zero-order valence-corrected chi connectivity index (χ0v) is 11.3. The lowest BCUT2D eigenvalue weighted by Gasteiger charge is -1.97. The van der Waals surface area contributed by atoms with E-state index in [2.05, 4.69) is 36.2 Å². The van der Waals surface area contributed by atoms with E-state index in [0.29, 0.717) is 0 Å². The highest BCUT2D eigenvalue weighted by Crippen LogP contribution is 2.24. The number of aromatic nitrogens is 2. The third-order valence-corrected chi connectivity index (χ3v) is 3.87. The average Bonchev–Trinajstić information content (AvgIpc) is 2.92. The summed E-state index contributed by atoms with van der Waals surface area (Å²) in [5, 5.41) is 1.92. The Hall–Kier alpha value is -2.14. The molecule has 0 aliphatic heterocycles.